The molecule has 0 spiro atoms. The molecule has 1 saturated heterocycles. The number of ether oxygens (including phenoxy) is 1. The summed E-state index contributed by atoms with van der Waals surface area (Å²) < 4.78 is 36.1. The summed E-state index contributed by atoms with van der Waals surface area (Å²) in [5.74, 6) is 0. The molecule has 2 N–H and O–H groups in total. The van der Waals surface area contributed by atoms with E-state index in [0.29, 0.717) is 5.65 Å². The first-order chi connectivity index (χ1) is 14.0. The van der Waals surface area contributed by atoms with Gasteiger partial charge in [-0.1, -0.05) is 6.08 Å². The number of imidazole rings is 1. The summed E-state index contributed by atoms with van der Waals surface area (Å²) in [5.41, 5.74) is 0.0414. The topological polar surface area (TPSA) is 162 Å². The van der Waals surface area contributed by atoms with Crippen LogP contribution in [-0.2, 0) is 22.9 Å². The van der Waals surface area contributed by atoms with E-state index in [1.54, 1.807) is 0 Å². The molecule has 2 aromatic heterocycles. The van der Waals surface area contributed by atoms with Crippen molar-refractivity contribution in [2.24, 2.45) is 0 Å². The van der Waals surface area contributed by atoms with Crippen LogP contribution in [0.2, 0.25) is 0 Å². The van der Waals surface area contributed by atoms with Gasteiger partial charge in [-0.15, -0.1) is 6.58 Å². The van der Waals surface area contributed by atoms with Gasteiger partial charge < -0.3 is 14.8 Å². The molecule has 3 heterocycles. The number of H-pyrrole nitrogens is 1. The van der Waals surface area contributed by atoms with Crippen LogP contribution < -0.4 is 5.56 Å². The lowest BCUT2D eigenvalue weighted by molar-refractivity contribution is -0.0448. The number of aromatic amines is 1. The van der Waals surface area contributed by atoms with Crippen LogP contribution in [0, 0.1) is 11.3 Å². The monoisotopic (exact) mass is 425 g/mol. The van der Waals surface area contributed by atoms with E-state index >= 15 is 0 Å². The molecule has 12 nitrogen and oxygen atoms in total. The van der Waals surface area contributed by atoms with Crippen LogP contribution in [-0.4, -0.2) is 56.7 Å². The Morgan fingerprint density at radius 1 is 1.52 bits per heavy atom. The van der Waals surface area contributed by atoms with Crippen LogP contribution in [0.1, 0.15) is 19.1 Å². The van der Waals surface area contributed by atoms with Gasteiger partial charge >= 0.3 is 7.82 Å². The van der Waals surface area contributed by atoms with E-state index < -0.39 is 38.4 Å². The molecule has 3 unspecified atom stereocenters. The average Bonchev–Trinajstić information content (AvgIpc) is 3.31. The van der Waals surface area contributed by atoms with Crippen LogP contribution >= 0.6 is 7.82 Å². The Bertz CT molecular complexity index is 999. The van der Waals surface area contributed by atoms with Gasteiger partial charge in [0.05, 0.1) is 45.0 Å². The maximum absolute atomic E-state index is 12.9. The molecule has 0 radical (unpaired) electrons. The Labute approximate surface area is 165 Å². The molecular weight excluding hydrogens is 405 g/mol. The highest BCUT2D eigenvalue weighted by atomic mass is 31.2. The molecule has 156 valence electrons. The fourth-order valence-corrected chi connectivity index (χ4v) is 4.18. The maximum Gasteiger partial charge on any atom is 0.475 e. The van der Waals surface area contributed by atoms with Crippen molar-refractivity contribution in [1.29, 1.82) is 5.26 Å². The number of phosphoric acid groups is 1. The third-order valence-electron chi connectivity index (χ3n) is 4.11. The third kappa shape index (κ3) is 4.79. The number of aromatic nitrogens is 4. The molecule has 1 aliphatic rings. The second kappa shape index (κ2) is 9.41. The number of aliphatic hydroxyl groups is 1. The highest BCUT2D eigenvalue weighted by Crippen LogP contribution is 2.53. The van der Waals surface area contributed by atoms with Crippen molar-refractivity contribution in [2.45, 2.75) is 31.3 Å². The van der Waals surface area contributed by atoms with Crippen molar-refractivity contribution >= 4 is 19.0 Å². The van der Waals surface area contributed by atoms with Gasteiger partial charge in [0.15, 0.2) is 11.2 Å². The first-order valence-electron chi connectivity index (χ1n) is 8.73. The smallest absolute Gasteiger partial charge is 0.394 e. The van der Waals surface area contributed by atoms with Crippen molar-refractivity contribution < 1.29 is 28.0 Å². The summed E-state index contributed by atoms with van der Waals surface area (Å²) in [5, 5.41) is 18.3. The van der Waals surface area contributed by atoms with Crippen molar-refractivity contribution in [1.82, 2.24) is 19.5 Å². The van der Waals surface area contributed by atoms with Gasteiger partial charge in [-0.25, -0.2) is 14.5 Å². The number of fused-ring (bicyclic) bond motifs is 1. The summed E-state index contributed by atoms with van der Waals surface area (Å²) >= 11 is 0. The lowest BCUT2D eigenvalue weighted by Gasteiger charge is -2.22. The lowest BCUT2D eigenvalue weighted by Crippen LogP contribution is -2.27. The molecular formula is C16H20N5O7P. The van der Waals surface area contributed by atoms with Crippen molar-refractivity contribution in [2.75, 3.05) is 19.8 Å². The Morgan fingerprint density at radius 3 is 3.07 bits per heavy atom. The Kier molecular flexibility index (Phi) is 6.92. The number of aliphatic hydroxyl groups excluding tert-OH is 1. The minimum Gasteiger partial charge on any atom is -0.394 e. The quantitative estimate of drug-likeness (QED) is 0.319. The predicted molar refractivity (Wildman–Crippen MR) is 98.6 cm³/mol. The van der Waals surface area contributed by atoms with E-state index in [9.17, 15) is 14.5 Å². The molecule has 29 heavy (non-hydrogen) atoms. The summed E-state index contributed by atoms with van der Waals surface area (Å²) in [4.78, 5) is 22.4. The van der Waals surface area contributed by atoms with E-state index in [-0.39, 0.29) is 31.6 Å². The van der Waals surface area contributed by atoms with Gasteiger partial charge in [0, 0.05) is 6.42 Å². The van der Waals surface area contributed by atoms with Crippen molar-refractivity contribution in [3.05, 3.63) is 35.7 Å². The van der Waals surface area contributed by atoms with E-state index in [4.69, 9.17) is 23.6 Å². The first-order valence-corrected chi connectivity index (χ1v) is 10.2. The number of nitrogens with zero attached hydrogens (tertiary/aromatic N) is 4. The number of nitriles is 1. The Hall–Kier alpha value is -2.39. The lowest BCUT2D eigenvalue weighted by atomic mass is 10.2. The number of nitrogens with one attached hydrogen (secondary N) is 1. The van der Waals surface area contributed by atoms with Gasteiger partial charge in [-0.3, -0.25) is 22.9 Å². The molecule has 4 atom stereocenters. The third-order valence-corrected chi connectivity index (χ3v) is 5.61. The maximum atomic E-state index is 12.9. The predicted octanol–water partition coefficient (Wildman–Crippen LogP) is 1.03. The van der Waals surface area contributed by atoms with Gasteiger partial charge in [0.2, 0.25) is 0 Å². The van der Waals surface area contributed by atoms with Gasteiger partial charge in [0.1, 0.15) is 18.4 Å². The standard InChI is InChI=1S/C16H20N5O7P/c1-2-5-25-29(24,26-6-3-4-17)28-11-7-13(27-12(11)8-22)21-10-20-14-15(21)18-9-19-16(14)23/h2,9-13,22H,1,3,5-8H2,(H,18,19,23)/t11-,12?,13?,29?/m0/s1. The highest BCUT2D eigenvalue weighted by Gasteiger charge is 2.43. The van der Waals surface area contributed by atoms with E-state index in [1.807, 2.05) is 6.07 Å². The summed E-state index contributed by atoms with van der Waals surface area (Å²) in [6.45, 7) is 2.83. The zero-order valence-electron chi connectivity index (χ0n) is 15.3. The minimum atomic E-state index is -4.03. The zero-order chi connectivity index (χ0) is 20.9. The molecule has 0 aliphatic carbocycles. The second-order valence-corrected chi connectivity index (χ2v) is 7.64. The number of rotatable bonds is 10. The van der Waals surface area contributed by atoms with E-state index in [1.165, 1.54) is 23.3 Å². The first kappa shape index (κ1) is 21.3. The van der Waals surface area contributed by atoms with Crippen LogP contribution in [0.5, 0.6) is 0 Å². The van der Waals surface area contributed by atoms with Crippen LogP contribution in [0.4, 0.5) is 0 Å². The molecule has 13 heteroatoms. The molecule has 0 amide bonds. The minimum absolute atomic E-state index is 0.000733. The highest BCUT2D eigenvalue weighted by molar-refractivity contribution is 7.48. The second-order valence-electron chi connectivity index (χ2n) is 6.02. The van der Waals surface area contributed by atoms with Crippen molar-refractivity contribution in [3.63, 3.8) is 0 Å². The molecule has 0 saturated carbocycles. The van der Waals surface area contributed by atoms with Crippen LogP contribution in [0.25, 0.3) is 11.2 Å². The molecule has 3 rings (SSSR count). The molecule has 2 aromatic rings. The summed E-state index contributed by atoms with van der Waals surface area (Å²) in [6.07, 6.45) is 1.82. The Balaban J connectivity index is 1.79. The van der Waals surface area contributed by atoms with Crippen molar-refractivity contribution in [3.8, 4) is 6.07 Å². The summed E-state index contributed by atoms with van der Waals surface area (Å²) in [7, 11) is -4.03. The average molecular weight is 425 g/mol. The summed E-state index contributed by atoms with van der Waals surface area (Å²) in [6, 6.07) is 1.87. The largest absolute Gasteiger partial charge is 0.475 e. The van der Waals surface area contributed by atoms with Crippen LogP contribution in [0.3, 0.4) is 0 Å². The van der Waals surface area contributed by atoms with Gasteiger partial charge in [0.25, 0.3) is 5.56 Å². The number of hydrogen-bond donors (Lipinski definition) is 2. The molecule has 0 bridgehead atoms. The Morgan fingerprint density at radius 2 is 2.34 bits per heavy atom. The molecule has 0 aromatic carbocycles. The molecule has 1 aliphatic heterocycles. The fraction of sp³-hybridized carbons (Fsp3) is 0.500. The van der Waals surface area contributed by atoms with Gasteiger partial charge in [-0.2, -0.15) is 5.26 Å². The number of hydrogen-bond acceptors (Lipinski definition) is 10. The normalized spacial score (nSPS) is 23.7. The zero-order valence-corrected chi connectivity index (χ0v) is 16.2. The van der Waals surface area contributed by atoms with Gasteiger partial charge in [-0.05, 0) is 0 Å². The number of phosphoric ester groups is 1. The molecule has 1 fully saturated rings. The SMILES string of the molecule is C=CCOP(=O)(OCCC#N)O[C@H]1CC(n2cnc3c(=O)[nH]cnc32)OC1CO. The fourth-order valence-electron chi connectivity index (χ4n) is 2.83. The van der Waals surface area contributed by atoms with E-state index in [2.05, 4.69) is 21.5 Å². The van der Waals surface area contributed by atoms with E-state index in [0.717, 1.165) is 0 Å². The van der Waals surface area contributed by atoms with Crippen LogP contribution in [0.15, 0.2) is 30.1 Å².